The van der Waals surface area contributed by atoms with Crippen molar-refractivity contribution in [3.8, 4) is 0 Å². The molecule has 0 saturated carbocycles. The lowest BCUT2D eigenvalue weighted by atomic mass is 10.1. The summed E-state index contributed by atoms with van der Waals surface area (Å²) < 4.78 is 9.60. The minimum Gasteiger partial charge on any atom is -0.356 e. The lowest BCUT2D eigenvalue weighted by Crippen LogP contribution is -2.23. The van der Waals surface area contributed by atoms with Crippen LogP contribution in [0.4, 0.5) is 0 Å². The standard InChI is InChI=1S/2C16H19N5O3S/c2*1-10(22)17-8-9-25-16-14(20-24-21-16)15(19-23)18-13-7-6-11-4-2-3-5-12(11)13/h2*2-5,13,23H,6-9H2,1H3,(H,17,22)(H,18,19)/t2*13-/m10/s1. The summed E-state index contributed by atoms with van der Waals surface area (Å²) in [5.74, 6) is 1.49. The van der Waals surface area contributed by atoms with Gasteiger partial charge in [-0.15, -0.1) is 0 Å². The third kappa shape index (κ3) is 9.68. The molecule has 2 aromatic heterocycles. The number of benzene rings is 2. The average molecular weight is 723 g/mol. The summed E-state index contributed by atoms with van der Waals surface area (Å²) in [6, 6.07) is 16.2. The number of thioether (sulfide) groups is 2. The number of aromatic nitrogens is 4. The van der Waals surface area contributed by atoms with Gasteiger partial charge in [0.2, 0.25) is 11.8 Å². The molecule has 0 bridgehead atoms. The number of nitrogens with one attached hydrogen (secondary N) is 4. The molecule has 2 aliphatic rings. The monoisotopic (exact) mass is 722 g/mol. The Bertz CT molecular complexity index is 1680. The van der Waals surface area contributed by atoms with E-state index in [4.69, 9.17) is 9.26 Å². The highest BCUT2D eigenvalue weighted by Crippen LogP contribution is 2.35. The molecule has 0 unspecified atom stereocenters. The van der Waals surface area contributed by atoms with Gasteiger partial charge in [0.05, 0.1) is 12.1 Å². The van der Waals surface area contributed by atoms with E-state index in [1.54, 1.807) is 0 Å². The third-order valence-corrected chi connectivity index (χ3v) is 9.68. The van der Waals surface area contributed by atoms with Crippen LogP contribution in [0.5, 0.6) is 0 Å². The fourth-order valence-corrected chi connectivity index (χ4v) is 7.03. The van der Waals surface area contributed by atoms with Crippen LogP contribution in [0.15, 0.2) is 77.8 Å². The fraction of sp³-hybridized carbons (Fsp3) is 0.375. The molecule has 18 heteroatoms. The number of carbonyl (C=O) groups is 2. The SMILES string of the molecule is CC(=O)NCCSc1nonc1C(=N[C@@H]1CCc2ccccc21)NO.CC(=O)NCCSc1nonc1C(=N[C@H]1CCc2ccccc21)NO. The largest absolute Gasteiger partial charge is 0.356 e. The van der Waals surface area contributed by atoms with Gasteiger partial charge < -0.3 is 10.6 Å². The number of rotatable bonds is 12. The maximum Gasteiger partial charge on any atom is 0.216 e. The lowest BCUT2D eigenvalue weighted by Gasteiger charge is -2.09. The van der Waals surface area contributed by atoms with Crippen molar-refractivity contribution < 1.29 is 29.3 Å². The van der Waals surface area contributed by atoms with E-state index in [2.05, 4.69) is 76.5 Å². The molecule has 0 aliphatic heterocycles. The van der Waals surface area contributed by atoms with E-state index in [0.717, 1.165) is 36.8 Å². The number of amidine groups is 2. The first-order valence-electron chi connectivity index (χ1n) is 15.9. The summed E-state index contributed by atoms with van der Waals surface area (Å²) in [5, 5.41) is 40.9. The highest BCUT2D eigenvalue weighted by Gasteiger charge is 2.26. The van der Waals surface area contributed by atoms with Gasteiger partial charge in [0, 0.05) is 38.4 Å². The number of hydrogen-bond acceptors (Lipinski definition) is 14. The molecule has 6 rings (SSSR count). The number of aryl methyl sites for hydroxylation is 2. The molecule has 2 aromatic carbocycles. The van der Waals surface area contributed by atoms with Crippen LogP contribution in [-0.2, 0) is 22.4 Å². The molecule has 0 spiro atoms. The van der Waals surface area contributed by atoms with Crippen molar-refractivity contribution >= 4 is 47.0 Å². The zero-order valence-corrected chi connectivity index (χ0v) is 29.1. The first-order valence-corrected chi connectivity index (χ1v) is 17.9. The molecule has 50 heavy (non-hydrogen) atoms. The zero-order chi connectivity index (χ0) is 35.3. The van der Waals surface area contributed by atoms with Crippen LogP contribution in [0.2, 0.25) is 0 Å². The smallest absolute Gasteiger partial charge is 0.216 e. The molecular formula is C32H38N10O6S2. The van der Waals surface area contributed by atoms with Crippen molar-refractivity contribution in [1.82, 2.24) is 42.2 Å². The normalized spacial score (nSPS) is 16.6. The Labute approximate surface area is 296 Å². The van der Waals surface area contributed by atoms with Crippen molar-refractivity contribution in [2.24, 2.45) is 9.98 Å². The van der Waals surface area contributed by atoms with E-state index in [1.807, 2.05) is 24.3 Å². The highest BCUT2D eigenvalue weighted by molar-refractivity contribution is 7.99. The van der Waals surface area contributed by atoms with Gasteiger partial charge in [0.1, 0.15) is 0 Å². The summed E-state index contributed by atoms with van der Waals surface area (Å²) >= 11 is 2.74. The Kier molecular flexibility index (Phi) is 13.3. The van der Waals surface area contributed by atoms with Crippen molar-refractivity contribution in [2.45, 2.75) is 61.7 Å². The zero-order valence-electron chi connectivity index (χ0n) is 27.5. The first kappa shape index (κ1) is 36.5. The van der Waals surface area contributed by atoms with Crippen LogP contribution in [0.1, 0.15) is 72.4 Å². The van der Waals surface area contributed by atoms with Crippen LogP contribution in [-0.4, -0.2) is 79.1 Å². The van der Waals surface area contributed by atoms with Crippen LogP contribution >= 0.6 is 23.5 Å². The Balaban J connectivity index is 0.000000194. The van der Waals surface area contributed by atoms with Crippen molar-refractivity contribution in [1.29, 1.82) is 0 Å². The Morgan fingerprint density at radius 1 is 0.720 bits per heavy atom. The summed E-state index contributed by atoms with van der Waals surface area (Å²) in [6.07, 6.45) is 3.67. The molecule has 16 nitrogen and oxygen atoms in total. The van der Waals surface area contributed by atoms with Gasteiger partial charge in [0.15, 0.2) is 33.1 Å². The van der Waals surface area contributed by atoms with Gasteiger partial charge in [-0.05, 0) is 68.6 Å². The Hall–Kier alpha value is -4.78. The highest BCUT2D eigenvalue weighted by atomic mass is 32.2. The predicted molar refractivity (Wildman–Crippen MR) is 185 cm³/mol. The first-order chi connectivity index (χ1) is 24.4. The van der Waals surface area contributed by atoms with Gasteiger partial charge >= 0.3 is 0 Å². The minimum absolute atomic E-state index is 0.0419. The van der Waals surface area contributed by atoms with Gasteiger partial charge in [0.25, 0.3) is 0 Å². The maximum absolute atomic E-state index is 10.9. The molecule has 2 amide bonds. The van der Waals surface area contributed by atoms with Crippen molar-refractivity contribution in [3.63, 3.8) is 0 Å². The summed E-state index contributed by atoms with van der Waals surface area (Å²) in [6.45, 7) is 3.93. The van der Waals surface area contributed by atoms with E-state index in [9.17, 15) is 20.0 Å². The van der Waals surface area contributed by atoms with Gasteiger partial charge in [-0.3, -0.25) is 40.9 Å². The lowest BCUT2D eigenvalue weighted by molar-refractivity contribution is -0.119. The number of amides is 2. The number of aliphatic imine (C=N–C) groups is 2. The van der Waals surface area contributed by atoms with E-state index in [0.29, 0.717) is 46.0 Å². The van der Waals surface area contributed by atoms with Gasteiger partial charge in [-0.1, -0.05) is 72.1 Å². The second kappa shape index (κ2) is 18.3. The van der Waals surface area contributed by atoms with E-state index in [-0.39, 0.29) is 35.6 Å². The van der Waals surface area contributed by atoms with Gasteiger partial charge in [-0.25, -0.2) is 9.26 Å². The average Bonchev–Trinajstić information content (AvgIpc) is 3.94. The molecule has 6 N–H and O–H groups in total. The number of hydroxylamine groups is 2. The van der Waals surface area contributed by atoms with Crippen molar-refractivity contribution in [3.05, 3.63) is 82.2 Å². The fourth-order valence-electron chi connectivity index (χ4n) is 5.52. The van der Waals surface area contributed by atoms with Crippen LogP contribution < -0.4 is 21.6 Å². The number of carbonyl (C=O) groups excluding carboxylic acids is 2. The number of nitrogens with zero attached hydrogens (tertiary/aromatic N) is 6. The van der Waals surface area contributed by atoms with Gasteiger partial charge in [-0.2, -0.15) is 0 Å². The number of fused-ring (bicyclic) bond motifs is 2. The second-order valence-electron chi connectivity index (χ2n) is 11.2. The summed E-state index contributed by atoms with van der Waals surface area (Å²) in [5.41, 5.74) is 9.82. The molecule has 2 aliphatic carbocycles. The molecular weight excluding hydrogens is 685 g/mol. The minimum atomic E-state index is -0.0849. The van der Waals surface area contributed by atoms with Crippen LogP contribution in [0.25, 0.3) is 0 Å². The summed E-state index contributed by atoms with van der Waals surface area (Å²) in [4.78, 5) is 31.0. The number of hydrogen-bond donors (Lipinski definition) is 6. The van der Waals surface area contributed by atoms with E-state index < -0.39 is 0 Å². The third-order valence-electron chi connectivity index (χ3n) is 7.78. The molecule has 4 aromatic rings. The topological polar surface area (TPSA) is 225 Å². The molecule has 0 radical (unpaired) electrons. The molecule has 264 valence electrons. The molecule has 0 saturated heterocycles. The van der Waals surface area contributed by atoms with E-state index in [1.165, 1.54) is 48.5 Å². The quantitative estimate of drug-likeness (QED) is 0.0405. The predicted octanol–water partition coefficient (Wildman–Crippen LogP) is 3.42. The van der Waals surface area contributed by atoms with E-state index >= 15 is 0 Å². The van der Waals surface area contributed by atoms with Crippen LogP contribution in [0.3, 0.4) is 0 Å². The van der Waals surface area contributed by atoms with Crippen molar-refractivity contribution in [2.75, 3.05) is 24.6 Å². The Morgan fingerprint density at radius 2 is 1.14 bits per heavy atom. The maximum atomic E-state index is 10.9. The molecule has 0 fully saturated rings. The summed E-state index contributed by atoms with van der Waals surface area (Å²) in [7, 11) is 0. The Morgan fingerprint density at radius 3 is 1.54 bits per heavy atom. The second-order valence-corrected chi connectivity index (χ2v) is 13.4. The van der Waals surface area contributed by atoms with Crippen LogP contribution in [0, 0.1) is 0 Å². The molecule has 2 atom stereocenters. The molecule has 2 heterocycles.